The maximum Gasteiger partial charge on any atom is 0.229 e. The van der Waals surface area contributed by atoms with Gasteiger partial charge in [0.15, 0.2) is 0 Å². The summed E-state index contributed by atoms with van der Waals surface area (Å²) in [7, 11) is 1.88. The summed E-state index contributed by atoms with van der Waals surface area (Å²) in [5.74, 6) is 0.192. The van der Waals surface area contributed by atoms with Crippen LogP contribution in [0.2, 0.25) is 0 Å². The normalized spacial score (nSPS) is 22.7. The van der Waals surface area contributed by atoms with E-state index in [9.17, 15) is 9.18 Å². The molecule has 1 fully saturated rings. The van der Waals surface area contributed by atoms with Crippen molar-refractivity contribution in [3.8, 4) is 0 Å². The van der Waals surface area contributed by atoms with Gasteiger partial charge in [-0.1, -0.05) is 11.6 Å². The molecule has 0 spiro atoms. The Bertz CT molecular complexity index is 551. The van der Waals surface area contributed by atoms with Crippen LogP contribution in [0.25, 0.3) is 0 Å². The third-order valence-electron chi connectivity index (χ3n) is 4.23. The Morgan fingerprint density at radius 3 is 2.60 bits per heavy atom. The van der Waals surface area contributed by atoms with Gasteiger partial charge >= 0.3 is 0 Å². The molecule has 2 atom stereocenters. The molecule has 0 aromatic rings. The Balaban J connectivity index is 2.69. The van der Waals surface area contributed by atoms with Crippen LogP contribution in [0.15, 0.2) is 28.1 Å². The minimum atomic E-state index is -1.05. The van der Waals surface area contributed by atoms with Crippen molar-refractivity contribution in [1.29, 1.82) is 0 Å². The second-order valence-electron chi connectivity index (χ2n) is 7.69. The number of nitrogens with one attached hydrogen (secondary N) is 1. The quantitative estimate of drug-likeness (QED) is 0.435. The molecule has 0 aliphatic carbocycles. The average Bonchev–Trinajstić information content (AvgIpc) is 2.49. The molecular formula is C19H32FN3O2. The second kappa shape index (κ2) is 9.13. The minimum Gasteiger partial charge on any atom is -0.476 e. The number of piperidine rings is 1. The van der Waals surface area contributed by atoms with Crippen molar-refractivity contribution in [1.82, 2.24) is 10.2 Å². The first-order valence-corrected chi connectivity index (χ1v) is 8.65. The zero-order valence-electron chi connectivity index (χ0n) is 16.4. The van der Waals surface area contributed by atoms with Crippen LogP contribution >= 0.6 is 0 Å². The number of hydrogen-bond donors (Lipinski definition) is 1. The highest BCUT2D eigenvalue weighted by Crippen LogP contribution is 2.22. The van der Waals surface area contributed by atoms with E-state index >= 15 is 0 Å². The number of halogens is 1. The van der Waals surface area contributed by atoms with Gasteiger partial charge in [0, 0.05) is 18.7 Å². The lowest BCUT2D eigenvalue weighted by Crippen LogP contribution is -2.54. The van der Waals surface area contributed by atoms with Crippen molar-refractivity contribution in [3.63, 3.8) is 0 Å². The molecule has 5 nitrogen and oxygen atoms in total. The van der Waals surface area contributed by atoms with Gasteiger partial charge in [0.1, 0.15) is 12.8 Å². The molecule has 1 amide bonds. The van der Waals surface area contributed by atoms with Gasteiger partial charge in [-0.3, -0.25) is 4.79 Å². The number of carbonyl (C=O) groups is 1. The number of amides is 1. The zero-order chi connectivity index (χ0) is 19.2. The molecule has 1 aliphatic rings. The lowest BCUT2D eigenvalue weighted by atomic mass is 9.92. The first kappa shape index (κ1) is 21.4. The van der Waals surface area contributed by atoms with Crippen molar-refractivity contribution in [2.24, 2.45) is 10.4 Å². The summed E-state index contributed by atoms with van der Waals surface area (Å²) in [6.45, 7) is 14.2. The predicted octanol–water partition coefficient (Wildman–Crippen LogP) is 3.09. The van der Waals surface area contributed by atoms with Crippen molar-refractivity contribution in [2.75, 3.05) is 26.7 Å². The van der Waals surface area contributed by atoms with Gasteiger partial charge in [0.05, 0.1) is 11.5 Å². The van der Waals surface area contributed by atoms with Crippen LogP contribution < -0.4 is 5.32 Å². The molecule has 0 unspecified atom stereocenters. The zero-order valence-corrected chi connectivity index (χ0v) is 16.4. The fraction of sp³-hybridized carbons (Fsp3) is 0.684. The molecule has 1 rings (SSSR count). The maximum absolute atomic E-state index is 14.1. The summed E-state index contributed by atoms with van der Waals surface area (Å²) in [5.41, 5.74) is 1.17. The third-order valence-corrected chi connectivity index (χ3v) is 4.23. The fourth-order valence-electron chi connectivity index (χ4n) is 2.68. The van der Waals surface area contributed by atoms with E-state index in [0.29, 0.717) is 18.8 Å². The molecule has 0 aromatic carbocycles. The molecule has 1 aliphatic heterocycles. The van der Waals surface area contributed by atoms with E-state index in [1.807, 2.05) is 38.8 Å². The van der Waals surface area contributed by atoms with E-state index < -0.39 is 17.6 Å². The molecular weight excluding hydrogens is 321 g/mol. The number of alkyl halides is 1. The number of ether oxygens (including phenoxy) is 1. The van der Waals surface area contributed by atoms with E-state index in [1.54, 1.807) is 13.8 Å². The Morgan fingerprint density at radius 2 is 2.08 bits per heavy atom. The van der Waals surface area contributed by atoms with Crippen LogP contribution in [0.5, 0.6) is 0 Å². The monoisotopic (exact) mass is 353 g/mol. The topological polar surface area (TPSA) is 53.9 Å². The highest BCUT2D eigenvalue weighted by Gasteiger charge is 2.35. The van der Waals surface area contributed by atoms with Gasteiger partial charge in [-0.25, -0.2) is 9.38 Å². The van der Waals surface area contributed by atoms with Gasteiger partial charge < -0.3 is 15.0 Å². The Morgan fingerprint density at radius 1 is 1.44 bits per heavy atom. The number of hydrogen-bond acceptors (Lipinski definition) is 4. The molecule has 0 radical (unpaired) electrons. The molecule has 0 saturated carbocycles. The number of carbonyl (C=O) groups excluding carboxylic acids is 1. The Kier molecular flexibility index (Phi) is 7.80. The van der Waals surface area contributed by atoms with Gasteiger partial charge in [-0.2, -0.15) is 0 Å². The van der Waals surface area contributed by atoms with Crippen molar-refractivity contribution < 1.29 is 13.9 Å². The molecule has 6 heteroatoms. The Labute approximate surface area is 151 Å². The minimum absolute atomic E-state index is 0.144. The van der Waals surface area contributed by atoms with E-state index in [4.69, 9.17) is 4.74 Å². The molecule has 1 N–H and O–H groups in total. The molecule has 1 saturated heterocycles. The van der Waals surface area contributed by atoms with E-state index in [1.165, 1.54) is 0 Å². The molecule has 142 valence electrons. The predicted molar refractivity (Wildman–Crippen MR) is 100 cm³/mol. The fourth-order valence-corrected chi connectivity index (χ4v) is 2.68. The first-order chi connectivity index (χ1) is 11.6. The number of likely N-dealkylation sites (tertiary alicyclic amines) is 1. The van der Waals surface area contributed by atoms with Crippen LogP contribution in [0.1, 0.15) is 41.0 Å². The maximum atomic E-state index is 14.1. The highest BCUT2D eigenvalue weighted by molar-refractivity contribution is 5.82. The average molecular weight is 353 g/mol. The van der Waals surface area contributed by atoms with Gasteiger partial charge in [0.2, 0.25) is 11.8 Å². The summed E-state index contributed by atoms with van der Waals surface area (Å²) in [4.78, 5) is 18.4. The first-order valence-electron chi connectivity index (χ1n) is 8.65. The van der Waals surface area contributed by atoms with Crippen LogP contribution in [0.3, 0.4) is 0 Å². The van der Waals surface area contributed by atoms with Crippen molar-refractivity contribution in [3.05, 3.63) is 23.1 Å². The van der Waals surface area contributed by atoms with Crippen LogP contribution in [0, 0.1) is 5.41 Å². The van der Waals surface area contributed by atoms with Gasteiger partial charge in [0.25, 0.3) is 0 Å². The number of rotatable bonds is 7. The molecule has 0 aromatic heterocycles. The molecule has 1 heterocycles. The van der Waals surface area contributed by atoms with Crippen LogP contribution in [-0.4, -0.2) is 56.5 Å². The number of aliphatic imine (C=N–C) groups is 1. The standard InChI is InChI=1S/C19H32FN3O2/c1-13(2)10-14(3)17(21-6)25-12-19(4,5)18(24)22-16-8-9-23(7)11-15(16)20/h10,15-16H,6,8-9,11-12H2,1-5,7H3,(H,22,24)/b17-14+/t15-,16-/m0/s1. The third kappa shape index (κ3) is 6.61. The molecule has 0 bridgehead atoms. The van der Waals surface area contributed by atoms with E-state index in [-0.39, 0.29) is 12.5 Å². The van der Waals surface area contributed by atoms with Gasteiger partial charge in [-0.15, -0.1) is 0 Å². The SMILES string of the molecule is C=N/C(OCC(C)(C)C(=O)N[C@H]1CCN(C)C[C@@H]1F)=C(/C)C=C(C)C. The van der Waals surface area contributed by atoms with E-state index in [0.717, 1.165) is 17.7 Å². The summed E-state index contributed by atoms with van der Waals surface area (Å²) >= 11 is 0. The van der Waals surface area contributed by atoms with Crippen LogP contribution in [-0.2, 0) is 9.53 Å². The number of allylic oxidation sites excluding steroid dienone is 3. The van der Waals surface area contributed by atoms with Crippen molar-refractivity contribution in [2.45, 2.75) is 53.3 Å². The second-order valence-corrected chi connectivity index (χ2v) is 7.69. The largest absolute Gasteiger partial charge is 0.476 e. The lowest BCUT2D eigenvalue weighted by Gasteiger charge is -2.34. The van der Waals surface area contributed by atoms with Gasteiger partial charge in [-0.05, 0) is 54.8 Å². The Hall–Kier alpha value is -1.69. The summed E-state index contributed by atoms with van der Waals surface area (Å²) in [6.07, 6.45) is 1.51. The highest BCUT2D eigenvalue weighted by atomic mass is 19.1. The molecule has 25 heavy (non-hydrogen) atoms. The van der Waals surface area contributed by atoms with Crippen molar-refractivity contribution >= 4 is 12.6 Å². The van der Waals surface area contributed by atoms with Crippen LogP contribution in [0.4, 0.5) is 4.39 Å². The number of nitrogens with zero attached hydrogens (tertiary/aromatic N) is 2. The summed E-state index contributed by atoms with van der Waals surface area (Å²) in [5, 5.41) is 2.84. The summed E-state index contributed by atoms with van der Waals surface area (Å²) in [6, 6.07) is -0.442. The smallest absolute Gasteiger partial charge is 0.229 e. The summed E-state index contributed by atoms with van der Waals surface area (Å²) < 4.78 is 19.8. The lowest BCUT2D eigenvalue weighted by molar-refractivity contribution is -0.133. The van der Waals surface area contributed by atoms with E-state index in [2.05, 4.69) is 17.0 Å².